The van der Waals surface area contributed by atoms with Crippen LogP contribution < -0.4 is 0 Å². The molecule has 0 unspecified atom stereocenters. The summed E-state index contributed by atoms with van der Waals surface area (Å²) in [4.78, 5) is 4.96. The highest BCUT2D eigenvalue weighted by Gasteiger charge is 2.29. The average molecular weight is 238 g/mol. The van der Waals surface area contributed by atoms with E-state index in [-0.39, 0.29) is 5.75 Å². The van der Waals surface area contributed by atoms with Crippen molar-refractivity contribution in [1.82, 2.24) is 4.98 Å². The summed E-state index contributed by atoms with van der Waals surface area (Å²) >= 11 is 1.37. The van der Waals surface area contributed by atoms with Crippen molar-refractivity contribution in [2.24, 2.45) is 0 Å². The summed E-state index contributed by atoms with van der Waals surface area (Å²) in [6.07, 6.45) is 2.25. The Hall–Kier alpha value is -0.130. The smallest absolute Gasteiger partial charge is 0.237 e. The van der Waals surface area contributed by atoms with Crippen LogP contribution in [0.1, 0.15) is 29.3 Å². The second-order valence-corrected chi connectivity index (χ2v) is 6.83. The van der Waals surface area contributed by atoms with Crippen LogP contribution >= 0.6 is 22.0 Å². The quantitative estimate of drug-likeness (QED) is 0.757. The molecule has 0 radical (unpaired) electrons. The minimum Gasteiger partial charge on any atom is -0.249 e. The van der Waals surface area contributed by atoms with Gasteiger partial charge in [-0.2, -0.15) is 0 Å². The molecular weight excluding hydrogens is 230 g/mol. The van der Waals surface area contributed by atoms with Gasteiger partial charge in [0.2, 0.25) is 9.05 Å². The zero-order valence-electron chi connectivity index (χ0n) is 6.73. The topological polar surface area (TPSA) is 47.0 Å². The van der Waals surface area contributed by atoms with Crippen molar-refractivity contribution < 1.29 is 8.42 Å². The Morgan fingerprint density at radius 2 is 2.31 bits per heavy atom. The molecule has 0 bridgehead atoms. The molecule has 1 saturated carbocycles. The Morgan fingerprint density at radius 1 is 1.62 bits per heavy atom. The summed E-state index contributed by atoms with van der Waals surface area (Å²) in [5.41, 5.74) is 2.62. The first-order valence-electron chi connectivity index (χ1n) is 3.91. The maximum atomic E-state index is 10.8. The molecule has 3 nitrogen and oxygen atoms in total. The Kier molecular flexibility index (Phi) is 2.33. The van der Waals surface area contributed by atoms with E-state index in [2.05, 4.69) is 4.98 Å². The Balaban J connectivity index is 2.24. The standard InChI is InChI=1S/C7H8ClNO2S2/c8-13(10,11)3-6-7(5-1-2-5)9-4-12-6/h4-5H,1-3H2. The first-order valence-corrected chi connectivity index (χ1v) is 7.26. The van der Waals surface area contributed by atoms with Gasteiger partial charge in [0.25, 0.3) is 0 Å². The number of aromatic nitrogens is 1. The molecule has 13 heavy (non-hydrogen) atoms. The maximum absolute atomic E-state index is 10.8. The summed E-state index contributed by atoms with van der Waals surface area (Å²) in [6, 6.07) is 0. The predicted octanol–water partition coefficient (Wildman–Crippen LogP) is 2.09. The second-order valence-electron chi connectivity index (χ2n) is 3.12. The van der Waals surface area contributed by atoms with Gasteiger partial charge in [-0.15, -0.1) is 11.3 Å². The van der Waals surface area contributed by atoms with Crippen LogP contribution in [-0.2, 0) is 14.8 Å². The fourth-order valence-electron chi connectivity index (χ4n) is 1.23. The van der Waals surface area contributed by atoms with E-state index < -0.39 is 9.05 Å². The van der Waals surface area contributed by atoms with Crippen LogP contribution in [0.25, 0.3) is 0 Å². The van der Waals surface area contributed by atoms with E-state index in [1.54, 1.807) is 5.51 Å². The predicted molar refractivity (Wildman–Crippen MR) is 52.6 cm³/mol. The number of nitrogens with zero attached hydrogens (tertiary/aromatic N) is 1. The van der Waals surface area contributed by atoms with Crippen LogP contribution in [0.2, 0.25) is 0 Å². The maximum Gasteiger partial charge on any atom is 0.237 e. The molecule has 0 atom stereocenters. The molecule has 1 aromatic heterocycles. The van der Waals surface area contributed by atoms with Gasteiger partial charge in [0, 0.05) is 21.5 Å². The third-order valence-corrected chi connectivity index (χ3v) is 3.93. The highest BCUT2D eigenvalue weighted by Crippen LogP contribution is 2.42. The third kappa shape index (κ3) is 2.42. The lowest BCUT2D eigenvalue weighted by atomic mass is 10.3. The summed E-state index contributed by atoms with van der Waals surface area (Å²) in [5.74, 6) is 0.407. The van der Waals surface area contributed by atoms with Gasteiger partial charge >= 0.3 is 0 Å². The fraction of sp³-hybridized carbons (Fsp3) is 0.571. The lowest BCUT2D eigenvalue weighted by Crippen LogP contribution is -1.96. The van der Waals surface area contributed by atoms with Crippen LogP contribution in [0.15, 0.2) is 5.51 Å². The minimum atomic E-state index is -3.43. The zero-order valence-corrected chi connectivity index (χ0v) is 9.12. The van der Waals surface area contributed by atoms with E-state index in [1.165, 1.54) is 11.3 Å². The minimum absolute atomic E-state index is 0.0783. The third-order valence-electron chi connectivity index (χ3n) is 1.94. The lowest BCUT2D eigenvalue weighted by Gasteiger charge is -1.96. The van der Waals surface area contributed by atoms with Crippen molar-refractivity contribution >= 4 is 31.1 Å². The van der Waals surface area contributed by atoms with E-state index in [4.69, 9.17) is 10.7 Å². The molecule has 6 heteroatoms. The Morgan fingerprint density at radius 3 is 2.85 bits per heavy atom. The summed E-state index contributed by atoms with van der Waals surface area (Å²) in [7, 11) is 1.74. The van der Waals surface area contributed by atoms with Gasteiger partial charge in [-0.25, -0.2) is 13.4 Å². The van der Waals surface area contributed by atoms with Gasteiger partial charge in [0.15, 0.2) is 0 Å². The molecular formula is C7H8ClNO2S2. The van der Waals surface area contributed by atoms with E-state index in [1.807, 2.05) is 0 Å². The summed E-state index contributed by atoms with van der Waals surface area (Å²) in [5, 5.41) is 0. The molecule has 0 saturated heterocycles. The van der Waals surface area contributed by atoms with Gasteiger partial charge < -0.3 is 0 Å². The number of halogens is 1. The molecule has 2 rings (SSSR count). The molecule has 0 aliphatic heterocycles. The summed E-state index contributed by atoms with van der Waals surface area (Å²) < 4.78 is 21.7. The molecule has 0 amide bonds. The number of thiazole rings is 1. The van der Waals surface area contributed by atoms with E-state index >= 15 is 0 Å². The van der Waals surface area contributed by atoms with Crippen molar-refractivity contribution in [2.75, 3.05) is 0 Å². The van der Waals surface area contributed by atoms with Gasteiger partial charge in [0.1, 0.15) is 5.75 Å². The van der Waals surface area contributed by atoms with Crippen molar-refractivity contribution in [3.8, 4) is 0 Å². The molecule has 72 valence electrons. The number of rotatable bonds is 3. The van der Waals surface area contributed by atoms with E-state index in [9.17, 15) is 8.42 Å². The molecule has 1 fully saturated rings. The molecule has 0 aromatic carbocycles. The second kappa shape index (κ2) is 3.22. The molecule has 1 heterocycles. The van der Waals surface area contributed by atoms with Crippen LogP contribution in [0, 0.1) is 0 Å². The molecule has 0 N–H and O–H groups in total. The lowest BCUT2D eigenvalue weighted by molar-refractivity contribution is 0.609. The van der Waals surface area contributed by atoms with Crippen molar-refractivity contribution in [1.29, 1.82) is 0 Å². The first kappa shape index (κ1) is 9.43. The molecule has 1 aliphatic rings. The van der Waals surface area contributed by atoms with Crippen LogP contribution in [0.5, 0.6) is 0 Å². The SMILES string of the molecule is O=S(=O)(Cl)Cc1scnc1C1CC1. The number of hydrogen-bond donors (Lipinski definition) is 0. The van der Waals surface area contributed by atoms with Crippen LogP contribution in [0.4, 0.5) is 0 Å². The molecule has 1 aromatic rings. The normalized spacial score (nSPS) is 17.6. The highest BCUT2D eigenvalue weighted by atomic mass is 35.7. The van der Waals surface area contributed by atoms with Crippen LogP contribution in [-0.4, -0.2) is 13.4 Å². The molecule has 0 spiro atoms. The van der Waals surface area contributed by atoms with Gasteiger partial charge in [0.05, 0.1) is 11.2 Å². The monoisotopic (exact) mass is 237 g/mol. The van der Waals surface area contributed by atoms with Crippen molar-refractivity contribution in [3.63, 3.8) is 0 Å². The fourth-order valence-corrected chi connectivity index (χ4v) is 3.59. The van der Waals surface area contributed by atoms with Crippen LogP contribution in [0.3, 0.4) is 0 Å². The average Bonchev–Trinajstić information content (AvgIpc) is 2.72. The highest BCUT2D eigenvalue weighted by molar-refractivity contribution is 8.13. The van der Waals surface area contributed by atoms with Crippen molar-refractivity contribution in [3.05, 3.63) is 16.1 Å². The van der Waals surface area contributed by atoms with Gasteiger partial charge in [-0.3, -0.25) is 0 Å². The van der Waals surface area contributed by atoms with E-state index in [0.29, 0.717) is 5.92 Å². The largest absolute Gasteiger partial charge is 0.249 e. The Bertz CT molecular complexity index is 408. The van der Waals surface area contributed by atoms with Crippen molar-refractivity contribution in [2.45, 2.75) is 24.5 Å². The Labute approximate surface area is 85.2 Å². The first-order chi connectivity index (χ1) is 6.06. The number of hydrogen-bond acceptors (Lipinski definition) is 4. The van der Waals surface area contributed by atoms with E-state index in [0.717, 1.165) is 23.4 Å². The van der Waals surface area contributed by atoms with Gasteiger partial charge in [-0.1, -0.05) is 0 Å². The molecule has 1 aliphatic carbocycles. The zero-order chi connectivity index (χ0) is 9.47. The summed E-state index contributed by atoms with van der Waals surface area (Å²) in [6.45, 7) is 0. The van der Waals surface area contributed by atoms with Gasteiger partial charge in [-0.05, 0) is 12.8 Å².